The van der Waals surface area contributed by atoms with Crippen molar-refractivity contribution in [3.05, 3.63) is 41.3 Å². The van der Waals surface area contributed by atoms with Gasteiger partial charge in [0.15, 0.2) is 0 Å². The predicted molar refractivity (Wildman–Crippen MR) is 96.3 cm³/mol. The Morgan fingerprint density at radius 1 is 1.33 bits per heavy atom. The van der Waals surface area contributed by atoms with Crippen molar-refractivity contribution in [1.29, 1.82) is 0 Å². The lowest BCUT2D eigenvalue weighted by molar-refractivity contribution is 0.0512. The van der Waals surface area contributed by atoms with Gasteiger partial charge in [-0.05, 0) is 43.5 Å². The Kier molecular flexibility index (Phi) is 5.60. The first-order chi connectivity index (χ1) is 11.7. The minimum atomic E-state index is -0.0521. The lowest BCUT2D eigenvalue weighted by Crippen LogP contribution is -2.47. The number of ether oxygens (including phenoxy) is 1. The fraction of sp³-hybridized carbons (Fsp3) is 0.444. The maximum atomic E-state index is 12.5. The molecule has 1 amide bonds. The van der Waals surface area contributed by atoms with Gasteiger partial charge in [-0.25, -0.2) is 0 Å². The molecule has 1 saturated heterocycles. The number of nitrogens with one attached hydrogen (secondary N) is 2. The number of carbonyl (C=O) groups is 1. The molecular weight excluding hydrogens is 322 g/mol. The number of carbonyl (C=O) groups excluding carboxylic acids is 1. The number of hydrogen-bond donors (Lipinski definition) is 2. The van der Waals surface area contributed by atoms with E-state index in [4.69, 9.17) is 4.74 Å². The predicted octanol–water partition coefficient (Wildman–Crippen LogP) is 2.56. The summed E-state index contributed by atoms with van der Waals surface area (Å²) in [6.07, 6.45) is 2.03. The summed E-state index contributed by atoms with van der Waals surface area (Å²) in [7, 11) is 1.72. The van der Waals surface area contributed by atoms with Gasteiger partial charge >= 0.3 is 0 Å². The Morgan fingerprint density at radius 3 is 2.79 bits per heavy atom. The van der Waals surface area contributed by atoms with Gasteiger partial charge in [0.05, 0.1) is 12.3 Å². The summed E-state index contributed by atoms with van der Waals surface area (Å²) in [6.45, 7) is 3.25. The van der Waals surface area contributed by atoms with Crippen LogP contribution in [-0.2, 0) is 4.74 Å². The van der Waals surface area contributed by atoms with E-state index in [1.165, 1.54) is 11.5 Å². The minimum Gasteiger partial charge on any atom is -0.384 e. The molecule has 0 aliphatic carbocycles. The summed E-state index contributed by atoms with van der Waals surface area (Å²) in [4.78, 5) is 13.1. The molecule has 5 nitrogen and oxygen atoms in total. The molecule has 3 rings (SSSR count). The van der Waals surface area contributed by atoms with Crippen LogP contribution < -0.4 is 10.6 Å². The maximum absolute atomic E-state index is 12.5. The second kappa shape index (κ2) is 7.88. The fourth-order valence-electron chi connectivity index (χ4n) is 3.12. The Labute approximate surface area is 146 Å². The molecule has 0 spiro atoms. The van der Waals surface area contributed by atoms with Crippen LogP contribution >= 0.6 is 11.5 Å². The zero-order valence-electron chi connectivity index (χ0n) is 13.9. The largest absolute Gasteiger partial charge is 0.384 e. The smallest absolute Gasteiger partial charge is 0.263 e. The summed E-state index contributed by atoms with van der Waals surface area (Å²) in [5.41, 5.74) is 1.91. The molecule has 0 atom stereocenters. The van der Waals surface area contributed by atoms with Crippen LogP contribution in [0.4, 0.5) is 0 Å². The lowest BCUT2D eigenvalue weighted by atomic mass is 9.79. The lowest BCUT2D eigenvalue weighted by Gasteiger charge is -2.37. The van der Waals surface area contributed by atoms with Crippen molar-refractivity contribution < 1.29 is 9.53 Å². The van der Waals surface area contributed by atoms with Crippen LogP contribution in [0.5, 0.6) is 0 Å². The van der Waals surface area contributed by atoms with Crippen LogP contribution in [0.2, 0.25) is 0 Å². The average molecular weight is 345 g/mol. The van der Waals surface area contributed by atoms with Crippen molar-refractivity contribution in [2.45, 2.75) is 12.8 Å². The highest BCUT2D eigenvalue weighted by Crippen LogP contribution is 2.28. The third-order valence-electron chi connectivity index (χ3n) is 4.54. The number of piperidine rings is 1. The van der Waals surface area contributed by atoms with E-state index >= 15 is 0 Å². The SMILES string of the molecule is COCC1(CNC(=O)c2cc(-c3ccccc3)ns2)CCNCC1. The Hall–Kier alpha value is -1.76. The molecule has 1 aliphatic rings. The molecular formula is C18H23N3O2S. The van der Waals surface area contributed by atoms with E-state index in [0.717, 1.165) is 37.2 Å². The van der Waals surface area contributed by atoms with Crippen molar-refractivity contribution in [3.63, 3.8) is 0 Å². The number of rotatable bonds is 6. The standard InChI is InChI=1S/C18H23N3O2S/c1-23-13-18(7-9-19-10-8-18)12-20-17(22)16-11-15(21-24-16)14-5-3-2-4-6-14/h2-6,11,19H,7-10,12-13H2,1H3,(H,20,22). The first-order valence-corrected chi connectivity index (χ1v) is 9.00. The molecule has 1 aliphatic heterocycles. The third-order valence-corrected chi connectivity index (χ3v) is 5.33. The summed E-state index contributed by atoms with van der Waals surface area (Å²) >= 11 is 1.25. The second-order valence-electron chi connectivity index (χ2n) is 6.31. The second-order valence-corrected chi connectivity index (χ2v) is 7.11. The van der Waals surface area contributed by atoms with Crippen molar-refractivity contribution >= 4 is 17.4 Å². The first kappa shape index (κ1) is 17.1. The van der Waals surface area contributed by atoms with Gasteiger partial charge in [-0.3, -0.25) is 4.79 Å². The molecule has 0 saturated carbocycles. The zero-order chi connectivity index (χ0) is 16.8. The van der Waals surface area contributed by atoms with Crippen LogP contribution in [0.25, 0.3) is 11.3 Å². The maximum Gasteiger partial charge on any atom is 0.263 e. The Balaban J connectivity index is 1.63. The monoisotopic (exact) mass is 345 g/mol. The van der Waals surface area contributed by atoms with E-state index < -0.39 is 0 Å². The number of aromatic nitrogens is 1. The molecule has 24 heavy (non-hydrogen) atoms. The zero-order valence-corrected chi connectivity index (χ0v) is 14.7. The highest BCUT2D eigenvalue weighted by Gasteiger charge is 2.32. The highest BCUT2D eigenvalue weighted by molar-refractivity contribution is 7.08. The van der Waals surface area contributed by atoms with Gasteiger partial charge in [-0.1, -0.05) is 30.3 Å². The molecule has 2 aromatic rings. The highest BCUT2D eigenvalue weighted by atomic mass is 32.1. The summed E-state index contributed by atoms with van der Waals surface area (Å²) in [6, 6.07) is 11.8. The van der Waals surface area contributed by atoms with Crippen LogP contribution in [0.1, 0.15) is 22.5 Å². The number of amides is 1. The minimum absolute atomic E-state index is 0.0304. The van der Waals surface area contributed by atoms with Gasteiger partial charge in [0, 0.05) is 24.6 Å². The van der Waals surface area contributed by atoms with E-state index in [9.17, 15) is 4.79 Å². The van der Waals surface area contributed by atoms with E-state index in [2.05, 4.69) is 15.0 Å². The summed E-state index contributed by atoms with van der Waals surface area (Å²) in [5, 5.41) is 6.45. The molecule has 2 heterocycles. The van der Waals surface area contributed by atoms with E-state index in [-0.39, 0.29) is 11.3 Å². The Morgan fingerprint density at radius 2 is 2.08 bits per heavy atom. The topological polar surface area (TPSA) is 63.2 Å². The molecule has 1 aromatic carbocycles. The fourth-order valence-corrected chi connectivity index (χ4v) is 3.79. The number of benzene rings is 1. The normalized spacial score (nSPS) is 16.7. The van der Waals surface area contributed by atoms with Crippen molar-refractivity contribution in [2.24, 2.45) is 5.41 Å². The molecule has 0 radical (unpaired) electrons. The van der Waals surface area contributed by atoms with Crippen molar-refractivity contribution in [3.8, 4) is 11.3 Å². The molecule has 0 unspecified atom stereocenters. The first-order valence-electron chi connectivity index (χ1n) is 8.22. The van der Waals surface area contributed by atoms with Gasteiger partial charge in [0.2, 0.25) is 0 Å². The average Bonchev–Trinajstić information content (AvgIpc) is 3.12. The van der Waals surface area contributed by atoms with Crippen LogP contribution in [0.15, 0.2) is 36.4 Å². The van der Waals surface area contributed by atoms with Crippen LogP contribution in [0.3, 0.4) is 0 Å². The number of hydrogen-bond acceptors (Lipinski definition) is 5. The van der Waals surface area contributed by atoms with E-state index in [1.807, 2.05) is 36.4 Å². The number of nitrogens with zero attached hydrogens (tertiary/aromatic N) is 1. The Bertz CT molecular complexity index is 660. The summed E-state index contributed by atoms with van der Waals surface area (Å²) in [5.74, 6) is -0.0521. The van der Waals surface area contributed by atoms with Crippen LogP contribution in [0, 0.1) is 5.41 Å². The van der Waals surface area contributed by atoms with Crippen molar-refractivity contribution in [2.75, 3.05) is 33.4 Å². The van der Waals surface area contributed by atoms with Gasteiger partial charge in [-0.15, -0.1) is 0 Å². The van der Waals surface area contributed by atoms with Gasteiger partial charge in [0.25, 0.3) is 5.91 Å². The van der Waals surface area contributed by atoms with Crippen molar-refractivity contribution in [1.82, 2.24) is 15.0 Å². The summed E-state index contributed by atoms with van der Waals surface area (Å²) < 4.78 is 9.80. The molecule has 1 fully saturated rings. The third kappa shape index (κ3) is 4.01. The number of methoxy groups -OCH3 is 1. The quantitative estimate of drug-likeness (QED) is 0.845. The van der Waals surface area contributed by atoms with Crippen LogP contribution in [-0.4, -0.2) is 43.6 Å². The molecule has 6 heteroatoms. The van der Waals surface area contributed by atoms with Gasteiger partial charge in [0.1, 0.15) is 4.88 Å². The van der Waals surface area contributed by atoms with E-state index in [1.54, 1.807) is 7.11 Å². The molecule has 2 N–H and O–H groups in total. The molecule has 128 valence electrons. The molecule has 1 aromatic heterocycles. The van der Waals surface area contributed by atoms with E-state index in [0.29, 0.717) is 18.0 Å². The molecule has 0 bridgehead atoms. The van der Waals surface area contributed by atoms with Gasteiger partial charge < -0.3 is 15.4 Å². The van der Waals surface area contributed by atoms with Gasteiger partial charge in [-0.2, -0.15) is 4.37 Å².